The van der Waals surface area contributed by atoms with Gasteiger partial charge in [-0.1, -0.05) is 0 Å². The van der Waals surface area contributed by atoms with E-state index in [1.165, 1.54) is 36.8 Å². The number of Topliss-reactive ketones (excluding diaryl/α,β-unsaturated/α-hetero) is 1. The number of nitro groups is 1. The van der Waals surface area contributed by atoms with E-state index in [2.05, 4.69) is 0 Å². The van der Waals surface area contributed by atoms with Crippen molar-refractivity contribution in [3.63, 3.8) is 0 Å². The predicted octanol–water partition coefficient (Wildman–Crippen LogP) is 3.97. The van der Waals surface area contributed by atoms with Gasteiger partial charge in [0.15, 0.2) is 23.2 Å². The van der Waals surface area contributed by atoms with Crippen LogP contribution < -0.4 is 5.46 Å². The van der Waals surface area contributed by atoms with Crippen LogP contribution in [0, 0.1) is 39.2 Å². The number of ketones is 1. The first-order valence-electron chi connectivity index (χ1n) is 7.88. The van der Waals surface area contributed by atoms with Crippen LogP contribution >= 0.6 is 0 Å². The smallest absolute Gasteiger partial charge is 0.445 e. The number of benzene rings is 2. The third-order valence-electron chi connectivity index (χ3n) is 3.45. The van der Waals surface area contributed by atoms with Gasteiger partial charge in [0.25, 0.3) is 5.69 Å². The first-order valence-corrected chi connectivity index (χ1v) is 10.4. The van der Waals surface area contributed by atoms with Gasteiger partial charge in [0.2, 0.25) is 5.78 Å². The molecular formula is C16H12BF8NO4S. The summed E-state index contributed by atoms with van der Waals surface area (Å²) in [5, 5.41) is 10.4. The van der Waals surface area contributed by atoms with E-state index in [9.17, 15) is 54.0 Å². The highest BCUT2D eigenvalue weighted by Gasteiger charge is 2.37. The molecule has 0 fully saturated rings. The number of carbonyl (C=O) groups is 1. The molecule has 0 aliphatic heterocycles. The van der Waals surface area contributed by atoms with E-state index in [1.54, 1.807) is 0 Å². The molecule has 0 saturated carbocycles. The maximum atomic E-state index is 12.5. The minimum absolute atomic E-state index is 0.0369. The average Bonchev–Trinajstić information content (AvgIpc) is 2.63. The Bertz CT molecular complexity index is 1020. The quantitative estimate of drug-likeness (QED) is 0.0955. The molecule has 2 rings (SSSR count). The third-order valence-corrected chi connectivity index (χ3v) is 4.41. The van der Waals surface area contributed by atoms with E-state index in [1.807, 2.05) is 0 Å². The monoisotopic (exact) mass is 477 g/mol. The van der Waals surface area contributed by atoms with Gasteiger partial charge in [-0.05, 0) is 17.6 Å². The van der Waals surface area contributed by atoms with Crippen LogP contribution in [0.2, 0.25) is 0 Å². The van der Waals surface area contributed by atoms with Crippen LogP contribution in [0.1, 0.15) is 10.4 Å². The Morgan fingerprint density at radius 3 is 1.61 bits per heavy atom. The van der Waals surface area contributed by atoms with Crippen molar-refractivity contribution in [3.8, 4) is 0 Å². The van der Waals surface area contributed by atoms with E-state index in [0.29, 0.717) is 5.56 Å². The minimum atomic E-state index is -6.30. The highest BCUT2D eigenvalue weighted by Crippen LogP contribution is 2.21. The molecule has 0 aliphatic carbocycles. The highest BCUT2D eigenvalue weighted by molar-refractivity contribution is 8.02. The van der Waals surface area contributed by atoms with E-state index in [-0.39, 0.29) is 17.2 Å². The van der Waals surface area contributed by atoms with Crippen LogP contribution in [0.4, 0.5) is 40.6 Å². The number of carbonyl (C=O) groups excluding carboxylic acids is 1. The molecule has 0 atom stereocenters. The molecule has 31 heavy (non-hydrogen) atoms. The molecule has 170 valence electrons. The summed E-state index contributed by atoms with van der Waals surface area (Å²) in [4.78, 5) is 21.4. The van der Waals surface area contributed by atoms with Crippen LogP contribution in [-0.2, 0) is 14.1 Å². The summed E-state index contributed by atoms with van der Waals surface area (Å²) in [5.41, 5.74) is -2.45. The summed E-state index contributed by atoms with van der Waals surface area (Å²) in [5.74, 6) is -13.9. The summed E-state index contributed by atoms with van der Waals surface area (Å²) in [6, 6.07) is 5.29. The molecule has 2 aromatic rings. The summed E-state index contributed by atoms with van der Waals surface area (Å²) < 4.78 is 109. The molecule has 0 saturated heterocycles. The molecule has 5 nitrogen and oxygen atoms in total. The molecule has 0 heterocycles. The highest BCUT2D eigenvalue weighted by atomic mass is 32.2. The second kappa shape index (κ2) is 9.53. The van der Waals surface area contributed by atoms with Gasteiger partial charge in [-0.15, -0.1) is 4.21 Å². The zero-order chi connectivity index (χ0) is 24.3. The molecule has 15 heteroatoms. The normalized spacial score (nSPS) is 11.5. The summed E-state index contributed by atoms with van der Waals surface area (Å²) in [7, 11) is -2.13. The van der Waals surface area contributed by atoms with Crippen LogP contribution in [0.5, 0.6) is 0 Å². The Morgan fingerprint density at radius 1 is 0.903 bits per heavy atom. The van der Waals surface area contributed by atoms with Crippen molar-refractivity contribution in [1.82, 2.24) is 0 Å². The maximum Gasteiger partial charge on any atom is 0.515 e. The molecule has 0 radical (unpaired) electrons. The number of non-ortho nitro benzene ring substituents is 1. The van der Waals surface area contributed by atoms with E-state index in [0.717, 1.165) is 0 Å². The summed E-state index contributed by atoms with van der Waals surface area (Å²) in [6.07, 6.45) is 3.02. The first kappa shape index (κ1) is 26.2. The number of hydrogen-bond donors (Lipinski definition) is 0. The van der Waals surface area contributed by atoms with Crippen molar-refractivity contribution in [1.29, 1.82) is 0 Å². The molecule has 0 aliphatic rings. The summed E-state index contributed by atoms with van der Waals surface area (Å²) in [6.45, 7) is -6.30. The first-order chi connectivity index (χ1) is 14.0. The average molecular weight is 477 g/mol. The van der Waals surface area contributed by atoms with Crippen molar-refractivity contribution in [3.05, 3.63) is 69.0 Å². The lowest BCUT2D eigenvalue weighted by atomic mass is 9.79. The van der Waals surface area contributed by atoms with Crippen LogP contribution in [-0.4, -0.2) is 35.9 Å². The third kappa shape index (κ3) is 6.84. The fourth-order valence-corrected chi connectivity index (χ4v) is 2.88. The van der Waals surface area contributed by atoms with Gasteiger partial charge in [-0.25, -0.2) is 22.0 Å². The fourth-order valence-electron chi connectivity index (χ4n) is 2.08. The van der Waals surface area contributed by atoms with Crippen molar-refractivity contribution in [2.24, 2.45) is 0 Å². The van der Waals surface area contributed by atoms with Gasteiger partial charge in [-0.3, -0.25) is 14.9 Å². The van der Waals surface area contributed by atoms with E-state index >= 15 is 0 Å². The lowest BCUT2D eigenvalue weighted by molar-refractivity contribution is -0.384. The molecule has 0 spiro atoms. The Morgan fingerprint density at radius 2 is 1.29 bits per heavy atom. The zero-order valence-electron chi connectivity index (χ0n) is 15.6. The van der Waals surface area contributed by atoms with E-state index < -0.39 is 56.4 Å². The number of rotatable bonds is 5. The van der Waals surface area contributed by atoms with Gasteiger partial charge in [-0.2, -0.15) is 0 Å². The Kier molecular flexibility index (Phi) is 8.06. The molecule has 0 unspecified atom stereocenters. The lowest BCUT2D eigenvalue weighted by Gasteiger charge is -2.17. The number of halogens is 8. The fraction of sp³-hybridized carbons (Fsp3) is 0.188. The van der Waals surface area contributed by atoms with Crippen molar-refractivity contribution < 1.29 is 48.8 Å². The van der Waals surface area contributed by atoms with Gasteiger partial charge < -0.3 is 12.9 Å². The van der Waals surface area contributed by atoms with Crippen LogP contribution in [0.25, 0.3) is 0 Å². The number of hydrogen-bond acceptors (Lipinski definition) is 4. The van der Waals surface area contributed by atoms with Crippen LogP contribution in [0.15, 0.2) is 24.3 Å². The largest absolute Gasteiger partial charge is 0.515 e. The van der Waals surface area contributed by atoms with Gasteiger partial charge in [0.05, 0.1) is 14.9 Å². The SMILES string of the molecule is C[S+](C)(=O)CC(=O)c1ccc([N+](=O)[O-])cc1.Fc1c(F)c(F)c([B-](F)(F)F)c(F)c1F. The molecule has 2 aromatic carbocycles. The van der Waals surface area contributed by atoms with Crippen LogP contribution in [0.3, 0.4) is 0 Å². The predicted molar refractivity (Wildman–Crippen MR) is 97.1 cm³/mol. The molecule has 0 aromatic heterocycles. The van der Waals surface area contributed by atoms with Gasteiger partial charge >= 0.3 is 6.98 Å². The van der Waals surface area contributed by atoms with Crippen molar-refractivity contribution in [2.45, 2.75) is 0 Å². The zero-order valence-corrected chi connectivity index (χ0v) is 16.4. The molecule has 0 N–H and O–H groups in total. The number of nitrogens with zero attached hydrogens (tertiary/aromatic N) is 1. The second-order valence-corrected chi connectivity index (χ2v) is 9.53. The van der Waals surface area contributed by atoms with Crippen molar-refractivity contribution in [2.75, 3.05) is 18.3 Å². The van der Waals surface area contributed by atoms with Gasteiger partial charge in [0, 0.05) is 17.7 Å². The molecular weight excluding hydrogens is 465 g/mol. The lowest BCUT2D eigenvalue weighted by Crippen LogP contribution is -2.41. The number of nitro benzene ring substituents is 1. The molecule has 0 amide bonds. The van der Waals surface area contributed by atoms with Crippen molar-refractivity contribution >= 4 is 33.8 Å². The topological polar surface area (TPSA) is 77.3 Å². The van der Waals surface area contributed by atoms with E-state index in [4.69, 9.17) is 0 Å². The second-order valence-electron chi connectivity index (χ2n) is 6.37. The minimum Gasteiger partial charge on any atom is -0.445 e. The standard InChI is InChI=1S/C10H12NO4S.C6BF8/c1-16(2,15)7-10(12)8-3-5-9(6-4-8)11(13)14;8-2-1(7(13,14)15)3(9)5(11)6(12)4(2)10/h3-6H,7H2,1-2H3;/q+1;-1. The summed E-state index contributed by atoms with van der Waals surface area (Å²) >= 11 is 0. The molecule has 0 bridgehead atoms. The Hall–Kier alpha value is -2.84. The Balaban J connectivity index is 0.000000311. The van der Waals surface area contributed by atoms with Gasteiger partial charge in [0.1, 0.15) is 24.1 Å². The Labute approximate surface area is 170 Å². The maximum absolute atomic E-state index is 12.5.